The molecule has 1 unspecified atom stereocenters. The fraction of sp³-hybridized carbons (Fsp3) is 0.778. The van der Waals surface area contributed by atoms with Crippen LogP contribution in [0.2, 0.25) is 0 Å². The minimum atomic E-state index is -0.529. The quantitative estimate of drug-likeness (QED) is 0.293. The molecule has 9 nitrogen and oxygen atoms in total. The van der Waals surface area contributed by atoms with Crippen LogP contribution >= 0.6 is 11.3 Å². The van der Waals surface area contributed by atoms with Crippen LogP contribution in [-0.4, -0.2) is 66.3 Å². The van der Waals surface area contributed by atoms with E-state index in [9.17, 15) is 19.2 Å². The Balaban J connectivity index is 1.14. The molecule has 3 heterocycles. The monoisotopic (exact) mass is 653 g/mol. The van der Waals surface area contributed by atoms with E-state index in [4.69, 9.17) is 0 Å². The van der Waals surface area contributed by atoms with Gasteiger partial charge >= 0.3 is 0 Å². The molecule has 5 aliphatic rings. The first kappa shape index (κ1) is 33.4. The Morgan fingerprint density at radius 3 is 2.46 bits per heavy atom. The number of likely N-dealkylation sites (tertiary alicyclic amines) is 1. The van der Waals surface area contributed by atoms with Crippen molar-refractivity contribution in [3.8, 4) is 0 Å². The summed E-state index contributed by atoms with van der Waals surface area (Å²) in [5.41, 5.74) is -0.424. The standard InChI is InChI=1S/C36H55N5O4S/c42-32(26-11-7-16-36(22-26)17-18-37-35(36)45)40-30-15-19-41(24-29(30)33(43)38-23-28-14-8-20-46-28)34(44)31(21-25-9-3-1-4-10-25)39-27-12-5-2-6-13-27/h8,14,20,25-27,29-31,39H,1-7,9-13,15-19,21-24H2,(H,37,45)(H,38,43)(H,40,42)/t26-,29+,30-,31-,36?/m1/s1. The van der Waals surface area contributed by atoms with E-state index < -0.39 is 11.3 Å². The van der Waals surface area contributed by atoms with Crippen molar-refractivity contribution in [1.29, 1.82) is 0 Å². The summed E-state index contributed by atoms with van der Waals surface area (Å²) in [6, 6.07) is 3.80. The van der Waals surface area contributed by atoms with Crippen molar-refractivity contribution in [1.82, 2.24) is 26.2 Å². The number of carbonyl (C=O) groups excluding carboxylic acids is 4. The molecule has 0 aromatic carbocycles. The minimum absolute atomic E-state index is 0.0475. The molecule has 3 saturated carbocycles. The molecule has 1 aromatic heterocycles. The highest BCUT2D eigenvalue weighted by molar-refractivity contribution is 7.09. The smallest absolute Gasteiger partial charge is 0.239 e. The summed E-state index contributed by atoms with van der Waals surface area (Å²) in [6.07, 6.45) is 17.4. The molecule has 5 fully saturated rings. The van der Waals surface area contributed by atoms with Crippen LogP contribution in [0.1, 0.15) is 114 Å². The number of nitrogens with zero attached hydrogens (tertiary/aromatic N) is 1. The highest BCUT2D eigenvalue weighted by Gasteiger charge is 2.48. The van der Waals surface area contributed by atoms with E-state index in [0.29, 0.717) is 51.0 Å². The second-order valence-electron chi connectivity index (χ2n) is 15.0. The highest BCUT2D eigenvalue weighted by atomic mass is 32.1. The second-order valence-corrected chi connectivity index (χ2v) is 16.0. The van der Waals surface area contributed by atoms with Gasteiger partial charge in [-0.15, -0.1) is 11.3 Å². The van der Waals surface area contributed by atoms with Gasteiger partial charge in [-0.05, 0) is 68.7 Å². The molecule has 0 bridgehead atoms. The zero-order valence-corrected chi connectivity index (χ0v) is 28.4. The second kappa shape index (κ2) is 15.6. The zero-order valence-electron chi connectivity index (χ0n) is 27.5. The molecule has 1 aromatic rings. The molecule has 5 atom stereocenters. The summed E-state index contributed by atoms with van der Waals surface area (Å²) in [4.78, 5) is 57.5. The molecular weight excluding hydrogens is 598 g/mol. The summed E-state index contributed by atoms with van der Waals surface area (Å²) in [5, 5.41) is 15.2. The van der Waals surface area contributed by atoms with Crippen molar-refractivity contribution in [2.24, 2.45) is 23.2 Å². The fourth-order valence-electron chi connectivity index (χ4n) is 9.12. The van der Waals surface area contributed by atoms with Crippen LogP contribution in [0.4, 0.5) is 0 Å². The summed E-state index contributed by atoms with van der Waals surface area (Å²) >= 11 is 1.60. The molecule has 4 amide bonds. The average Bonchev–Trinajstić information content (AvgIpc) is 3.73. The van der Waals surface area contributed by atoms with Crippen LogP contribution in [0.15, 0.2) is 17.5 Å². The Morgan fingerprint density at radius 1 is 0.957 bits per heavy atom. The van der Waals surface area contributed by atoms with Gasteiger partial charge in [-0.3, -0.25) is 19.2 Å². The molecule has 46 heavy (non-hydrogen) atoms. The molecule has 2 saturated heterocycles. The highest BCUT2D eigenvalue weighted by Crippen LogP contribution is 2.44. The lowest BCUT2D eigenvalue weighted by atomic mass is 9.68. The topological polar surface area (TPSA) is 120 Å². The van der Waals surface area contributed by atoms with Crippen molar-refractivity contribution in [3.63, 3.8) is 0 Å². The number of hydrogen-bond donors (Lipinski definition) is 4. The predicted molar refractivity (Wildman–Crippen MR) is 180 cm³/mol. The van der Waals surface area contributed by atoms with Gasteiger partial charge in [0.25, 0.3) is 0 Å². The van der Waals surface area contributed by atoms with Crippen LogP contribution in [0, 0.1) is 23.2 Å². The molecule has 2 aliphatic heterocycles. The van der Waals surface area contributed by atoms with E-state index >= 15 is 0 Å². The van der Waals surface area contributed by atoms with Gasteiger partial charge in [0, 0.05) is 42.5 Å². The van der Waals surface area contributed by atoms with Crippen LogP contribution in [-0.2, 0) is 25.7 Å². The van der Waals surface area contributed by atoms with E-state index in [1.165, 1.54) is 51.4 Å². The largest absolute Gasteiger partial charge is 0.356 e. The normalized spacial score (nSPS) is 30.1. The van der Waals surface area contributed by atoms with Crippen LogP contribution in [0.3, 0.4) is 0 Å². The first-order chi connectivity index (χ1) is 22.4. The number of hydrogen-bond acceptors (Lipinski definition) is 6. The fourth-order valence-corrected chi connectivity index (χ4v) is 9.76. The summed E-state index contributed by atoms with van der Waals surface area (Å²) in [7, 11) is 0. The van der Waals surface area contributed by atoms with Crippen LogP contribution < -0.4 is 21.3 Å². The van der Waals surface area contributed by atoms with Crippen LogP contribution in [0.5, 0.6) is 0 Å². The lowest BCUT2D eigenvalue weighted by Crippen LogP contribution is -2.60. The minimum Gasteiger partial charge on any atom is -0.356 e. The molecule has 10 heteroatoms. The Kier molecular flexibility index (Phi) is 11.4. The average molecular weight is 654 g/mol. The van der Waals surface area contributed by atoms with Crippen molar-refractivity contribution in [2.75, 3.05) is 19.6 Å². The Morgan fingerprint density at radius 2 is 1.74 bits per heavy atom. The summed E-state index contributed by atoms with van der Waals surface area (Å²) in [5.74, 6) is -0.137. The molecule has 1 spiro atoms. The zero-order chi connectivity index (χ0) is 31.9. The maximum Gasteiger partial charge on any atom is 0.239 e. The first-order valence-corrected chi connectivity index (χ1v) is 19.2. The Hall–Kier alpha value is -2.46. The molecule has 4 N–H and O–H groups in total. The van der Waals surface area contributed by atoms with Gasteiger partial charge in [-0.1, -0.05) is 63.9 Å². The number of piperidine rings is 1. The molecule has 6 rings (SSSR count). The number of thiophene rings is 1. The Bertz CT molecular complexity index is 1180. The third kappa shape index (κ3) is 8.15. The molecular formula is C36H55N5O4S. The molecule has 254 valence electrons. The number of carbonyl (C=O) groups is 4. The maximum absolute atomic E-state index is 14.3. The maximum atomic E-state index is 14.3. The van der Waals surface area contributed by atoms with E-state index in [1.807, 2.05) is 22.4 Å². The lowest BCUT2D eigenvalue weighted by Gasteiger charge is -2.42. The van der Waals surface area contributed by atoms with Gasteiger partial charge < -0.3 is 26.2 Å². The summed E-state index contributed by atoms with van der Waals surface area (Å²) < 4.78 is 0. The van der Waals surface area contributed by atoms with Crippen molar-refractivity contribution >= 4 is 35.0 Å². The van der Waals surface area contributed by atoms with Gasteiger partial charge in [-0.25, -0.2) is 0 Å². The van der Waals surface area contributed by atoms with Gasteiger partial charge in [0.2, 0.25) is 23.6 Å². The van der Waals surface area contributed by atoms with E-state index in [2.05, 4.69) is 21.3 Å². The van der Waals surface area contributed by atoms with Gasteiger partial charge in [-0.2, -0.15) is 0 Å². The van der Waals surface area contributed by atoms with Crippen molar-refractivity contribution in [3.05, 3.63) is 22.4 Å². The number of nitrogens with one attached hydrogen (secondary N) is 4. The van der Waals surface area contributed by atoms with Gasteiger partial charge in [0.1, 0.15) is 0 Å². The first-order valence-electron chi connectivity index (χ1n) is 18.3. The Labute approximate surface area is 278 Å². The third-order valence-electron chi connectivity index (χ3n) is 11.8. The molecule has 0 radical (unpaired) electrons. The van der Waals surface area contributed by atoms with Crippen molar-refractivity contribution in [2.45, 2.75) is 134 Å². The van der Waals surface area contributed by atoms with Gasteiger partial charge in [0.05, 0.1) is 23.9 Å². The van der Waals surface area contributed by atoms with E-state index in [-0.39, 0.29) is 41.6 Å². The lowest BCUT2D eigenvalue weighted by molar-refractivity contribution is -0.140. The third-order valence-corrected chi connectivity index (χ3v) is 12.7. The SMILES string of the molecule is O=C(N[C@@H]1CCN(C(=O)[C@@H](CC2CCCCC2)NC2CCCCC2)C[C@@H]1C(=O)NCc1cccs1)[C@@H]1CCCC2(CCNC2=O)C1. The van der Waals surface area contributed by atoms with Crippen LogP contribution in [0.25, 0.3) is 0 Å². The number of amides is 4. The van der Waals surface area contributed by atoms with Gasteiger partial charge in [0.15, 0.2) is 0 Å². The van der Waals surface area contributed by atoms with E-state index in [0.717, 1.165) is 49.8 Å². The predicted octanol–water partition coefficient (Wildman–Crippen LogP) is 4.66. The van der Waals surface area contributed by atoms with Crippen molar-refractivity contribution < 1.29 is 19.2 Å². The summed E-state index contributed by atoms with van der Waals surface area (Å²) in [6.45, 7) is 1.96. The molecule has 3 aliphatic carbocycles. The number of rotatable bonds is 10. The van der Waals surface area contributed by atoms with E-state index in [1.54, 1.807) is 11.3 Å².